The van der Waals surface area contributed by atoms with Crippen molar-refractivity contribution in [1.82, 2.24) is 0 Å². The molecule has 6 atom stereocenters. The zero-order valence-electron chi connectivity index (χ0n) is 62.3. The van der Waals surface area contributed by atoms with E-state index in [0.29, 0.717) is 25.7 Å². The molecule has 96 heavy (non-hydrogen) atoms. The SMILES string of the molecule is CCCCCC/C=C\C=C/CCCCCCCC(=O)O[C@H](COC(=O)CCCCCCCCCCCCCCCCCC(C)C)COP(=O)(O)OCC(O)COP(=O)(O)OC[C@@H](COC(=O)CCCCCCCCCCC(C)C)OC(=O)CCCCCCCCCCC(C)CC. The summed E-state index contributed by atoms with van der Waals surface area (Å²) < 4.78 is 68.5. The number of allylic oxidation sites excluding steroid dienone is 4. The molecule has 17 nitrogen and oxygen atoms in total. The Bertz CT molecular complexity index is 1970. The molecule has 0 heterocycles. The zero-order chi connectivity index (χ0) is 70.9. The van der Waals surface area contributed by atoms with Gasteiger partial charge in [-0.1, -0.05) is 317 Å². The molecule has 0 bridgehead atoms. The number of carbonyl (C=O) groups excluding carboxylic acids is 4. The van der Waals surface area contributed by atoms with Crippen LogP contribution >= 0.6 is 15.6 Å². The Morgan fingerprint density at radius 3 is 0.927 bits per heavy atom. The standard InChI is InChI=1S/C77H146O17P2/c1-8-10-11-12-13-14-15-16-18-23-26-29-39-46-53-60-76(81)93-72(64-87-74(79)58-51-44-37-28-25-22-20-17-19-21-24-27-34-41-48-55-68(3)4)66-91-95(83,84)89-62-71(78)63-90-96(85,86)92-67-73(65-88-75(80)59-52-45-38-32-30-35-42-49-56-69(5)6)94-77(82)61-54-47-40-33-31-36-43-50-57-70(7)9-2/h14-16,18,68-73,78H,8-13,17,19-67H2,1-7H3,(H,83,84)(H,85,86)/b15-14-,18-16-/t70?,71?,72-,73-/m1/s1. The minimum absolute atomic E-state index is 0.0849. The second kappa shape index (κ2) is 67.1. The number of unbranched alkanes of at least 4 members (excludes halogenated alkanes) is 37. The van der Waals surface area contributed by atoms with Crippen molar-refractivity contribution in [2.75, 3.05) is 39.6 Å². The van der Waals surface area contributed by atoms with Gasteiger partial charge in [0.25, 0.3) is 0 Å². The highest BCUT2D eigenvalue weighted by molar-refractivity contribution is 7.47. The van der Waals surface area contributed by atoms with Crippen LogP contribution in [0.4, 0.5) is 0 Å². The minimum atomic E-state index is -4.97. The van der Waals surface area contributed by atoms with Gasteiger partial charge in [-0.05, 0) is 69.1 Å². The molecule has 4 unspecified atom stereocenters. The Labute approximate surface area is 586 Å². The summed E-state index contributed by atoms with van der Waals surface area (Å²) in [4.78, 5) is 72.8. The van der Waals surface area contributed by atoms with Crippen molar-refractivity contribution in [1.29, 1.82) is 0 Å². The average Bonchev–Trinajstić information content (AvgIpc) is 2.01. The fraction of sp³-hybridized carbons (Fsp3) is 0.896. The number of esters is 4. The van der Waals surface area contributed by atoms with Crippen molar-refractivity contribution in [3.05, 3.63) is 24.3 Å². The molecular formula is C77H146O17P2. The van der Waals surface area contributed by atoms with E-state index in [1.165, 1.54) is 167 Å². The number of hydrogen-bond donors (Lipinski definition) is 3. The molecule has 566 valence electrons. The number of carbonyl (C=O) groups is 4. The summed E-state index contributed by atoms with van der Waals surface area (Å²) in [6, 6.07) is 0. The molecule has 0 aliphatic rings. The van der Waals surface area contributed by atoms with Crippen molar-refractivity contribution < 1.29 is 80.2 Å². The quantitative estimate of drug-likeness (QED) is 0.0169. The van der Waals surface area contributed by atoms with Crippen LogP contribution in [0.15, 0.2) is 24.3 Å². The maximum atomic E-state index is 13.1. The van der Waals surface area contributed by atoms with Gasteiger partial charge in [-0.3, -0.25) is 37.3 Å². The maximum Gasteiger partial charge on any atom is 0.472 e. The molecule has 0 radical (unpaired) electrons. The van der Waals surface area contributed by atoms with Crippen molar-refractivity contribution in [2.45, 2.75) is 388 Å². The summed E-state index contributed by atoms with van der Waals surface area (Å²) in [7, 11) is -9.93. The van der Waals surface area contributed by atoms with Gasteiger partial charge in [-0.25, -0.2) is 9.13 Å². The first kappa shape index (κ1) is 93.5. The van der Waals surface area contributed by atoms with E-state index in [4.69, 9.17) is 37.0 Å². The second-order valence-electron chi connectivity index (χ2n) is 28.3. The molecule has 0 aliphatic carbocycles. The monoisotopic (exact) mass is 1410 g/mol. The Kier molecular flexibility index (Phi) is 65.3. The smallest absolute Gasteiger partial charge is 0.462 e. The molecule has 0 aliphatic heterocycles. The van der Waals surface area contributed by atoms with Crippen LogP contribution in [0.3, 0.4) is 0 Å². The van der Waals surface area contributed by atoms with Crippen molar-refractivity contribution in [3.63, 3.8) is 0 Å². The van der Waals surface area contributed by atoms with Crippen LogP contribution in [0.2, 0.25) is 0 Å². The minimum Gasteiger partial charge on any atom is -0.462 e. The van der Waals surface area contributed by atoms with Gasteiger partial charge in [-0.15, -0.1) is 0 Å². The Hall–Kier alpha value is -2.46. The molecule has 0 fully saturated rings. The largest absolute Gasteiger partial charge is 0.472 e. The van der Waals surface area contributed by atoms with E-state index in [2.05, 4.69) is 72.8 Å². The topological polar surface area (TPSA) is 237 Å². The Morgan fingerprint density at radius 1 is 0.344 bits per heavy atom. The van der Waals surface area contributed by atoms with Crippen LogP contribution < -0.4 is 0 Å². The first-order valence-corrected chi connectivity index (χ1v) is 42.2. The lowest BCUT2D eigenvalue weighted by Gasteiger charge is -2.21. The molecule has 19 heteroatoms. The maximum absolute atomic E-state index is 13.1. The number of hydrogen-bond acceptors (Lipinski definition) is 15. The molecule has 0 saturated carbocycles. The lowest BCUT2D eigenvalue weighted by atomic mass is 9.99. The van der Waals surface area contributed by atoms with Crippen molar-refractivity contribution >= 4 is 39.5 Å². The lowest BCUT2D eigenvalue weighted by molar-refractivity contribution is -0.161. The molecule has 0 aromatic carbocycles. The van der Waals surface area contributed by atoms with Gasteiger partial charge < -0.3 is 33.8 Å². The molecule has 0 spiro atoms. The van der Waals surface area contributed by atoms with Crippen molar-refractivity contribution in [3.8, 4) is 0 Å². The van der Waals surface area contributed by atoms with Crippen LogP contribution in [-0.2, 0) is 65.4 Å². The number of phosphoric acid groups is 2. The summed E-state index contributed by atoms with van der Waals surface area (Å²) in [6.07, 6.45) is 56.3. The zero-order valence-corrected chi connectivity index (χ0v) is 64.1. The van der Waals surface area contributed by atoms with Crippen LogP contribution in [0, 0.1) is 17.8 Å². The third-order valence-corrected chi connectivity index (χ3v) is 19.5. The predicted molar refractivity (Wildman–Crippen MR) is 390 cm³/mol. The van der Waals surface area contributed by atoms with Gasteiger partial charge >= 0.3 is 39.5 Å². The highest BCUT2D eigenvalue weighted by atomic mass is 31.2. The van der Waals surface area contributed by atoms with E-state index < -0.39 is 97.5 Å². The molecule has 0 saturated heterocycles. The molecule has 0 rings (SSSR count). The van der Waals surface area contributed by atoms with E-state index in [-0.39, 0.29) is 25.7 Å². The average molecular weight is 1410 g/mol. The van der Waals surface area contributed by atoms with Gasteiger partial charge in [0.1, 0.15) is 19.3 Å². The van der Waals surface area contributed by atoms with E-state index in [9.17, 15) is 43.2 Å². The predicted octanol–water partition coefficient (Wildman–Crippen LogP) is 22.1. The van der Waals surface area contributed by atoms with Crippen LogP contribution in [-0.4, -0.2) is 96.7 Å². The molecule has 0 aromatic rings. The van der Waals surface area contributed by atoms with Crippen LogP contribution in [0.5, 0.6) is 0 Å². The lowest BCUT2D eigenvalue weighted by Crippen LogP contribution is -2.30. The molecular weight excluding hydrogens is 1260 g/mol. The fourth-order valence-corrected chi connectivity index (χ4v) is 12.8. The first-order valence-electron chi connectivity index (χ1n) is 39.2. The van der Waals surface area contributed by atoms with E-state index in [0.717, 1.165) is 120 Å². The summed E-state index contributed by atoms with van der Waals surface area (Å²) in [5.74, 6) is 0.148. The van der Waals surface area contributed by atoms with Crippen LogP contribution in [0.25, 0.3) is 0 Å². The normalized spacial score (nSPS) is 14.5. The van der Waals surface area contributed by atoms with Gasteiger partial charge in [-0.2, -0.15) is 0 Å². The van der Waals surface area contributed by atoms with Gasteiger partial charge in [0, 0.05) is 25.7 Å². The number of phosphoric ester groups is 2. The third kappa shape index (κ3) is 68.7. The number of rotatable bonds is 73. The Balaban J connectivity index is 5.28. The van der Waals surface area contributed by atoms with E-state index in [1.807, 2.05) is 0 Å². The molecule has 0 amide bonds. The highest BCUT2D eigenvalue weighted by Crippen LogP contribution is 2.45. The summed E-state index contributed by atoms with van der Waals surface area (Å²) in [5, 5.41) is 10.6. The molecule has 0 aromatic heterocycles. The van der Waals surface area contributed by atoms with Crippen LogP contribution in [0.1, 0.15) is 370 Å². The van der Waals surface area contributed by atoms with Gasteiger partial charge in [0.2, 0.25) is 0 Å². The number of ether oxygens (including phenoxy) is 4. The third-order valence-electron chi connectivity index (χ3n) is 17.6. The Morgan fingerprint density at radius 2 is 0.615 bits per heavy atom. The number of aliphatic hydroxyl groups is 1. The number of aliphatic hydroxyl groups excluding tert-OH is 1. The molecule has 3 N–H and O–H groups in total. The van der Waals surface area contributed by atoms with E-state index >= 15 is 0 Å². The van der Waals surface area contributed by atoms with Gasteiger partial charge in [0.05, 0.1) is 26.4 Å². The van der Waals surface area contributed by atoms with E-state index in [1.54, 1.807) is 0 Å². The van der Waals surface area contributed by atoms with Crippen molar-refractivity contribution in [2.24, 2.45) is 17.8 Å². The van der Waals surface area contributed by atoms with Gasteiger partial charge in [0.15, 0.2) is 12.2 Å². The summed E-state index contributed by atoms with van der Waals surface area (Å²) in [6.45, 7) is 11.8. The summed E-state index contributed by atoms with van der Waals surface area (Å²) in [5.41, 5.74) is 0. The second-order valence-corrected chi connectivity index (χ2v) is 31.2. The highest BCUT2D eigenvalue weighted by Gasteiger charge is 2.30. The first-order chi connectivity index (χ1) is 46.3. The summed E-state index contributed by atoms with van der Waals surface area (Å²) >= 11 is 0. The fourth-order valence-electron chi connectivity index (χ4n) is 11.2.